The maximum atomic E-state index is 5.99. The van der Waals surface area contributed by atoms with Crippen molar-refractivity contribution >= 4 is 21.5 Å². The monoisotopic (exact) mass is 368 g/mol. The molecule has 1 aromatic heterocycles. The van der Waals surface area contributed by atoms with Gasteiger partial charge in [-0.1, -0.05) is 70.9 Å². The third-order valence-corrected chi connectivity index (χ3v) is 4.78. The summed E-state index contributed by atoms with van der Waals surface area (Å²) in [6.07, 6.45) is 0. The largest absolute Gasteiger partial charge is 0.496 e. The highest BCUT2D eigenvalue weighted by atomic mass is 16.5. The number of aromatic nitrogens is 4. The standard InChI is InChI=1S/C22H16N4O2/c1-27-18-12-10-14-6-2-4-8-16(14)20(18)21-17-9-5-3-7-15(17)11-13-19(21)28-22-23-25-26-24-22/h2-13H,1H3,(H,23,24,25,26). The van der Waals surface area contributed by atoms with Gasteiger partial charge in [0.15, 0.2) is 0 Å². The minimum atomic E-state index is 0.163. The number of H-pyrrole nitrogens is 1. The summed E-state index contributed by atoms with van der Waals surface area (Å²) in [4.78, 5) is 0. The molecule has 0 aliphatic heterocycles. The number of tetrazole rings is 1. The Bertz CT molecular complexity index is 1280. The molecule has 0 fully saturated rings. The van der Waals surface area contributed by atoms with Crippen LogP contribution in [0.25, 0.3) is 32.7 Å². The van der Waals surface area contributed by atoms with Crippen molar-refractivity contribution in [1.29, 1.82) is 0 Å². The van der Waals surface area contributed by atoms with Crippen LogP contribution in [0.1, 0.15) is 0 Å². The van der Waals surface area contributed by atoms with E-state index >= 15 is 0 Å². The van der Waals surface area contributed by atoms with Gasteiger partial charge in [-0.3, -0.25) is 0 Å². The molecule has 0 bridgehead atoms. The molecule has 0 amide bonds. The van der Waals surface area contributed by atoms with Crippen molar-refractivity contribution in [2.24, 2.45) is 0 Å². The van der Waals surface area contributed by atoms with E-state index < -0.39 is 0 Å². The van der Waals surface area contributed by atoms with Gasteiger partial charge < -0.3 is 9.47 Å². The summed E-state index contributed by atoms with van der Waals surface area (Å²) in [6, 6.07) is 24.6. The summed E-state index contributed by atoms with van der Waals surface area (Å²) in [6.45, 7) is 0. The number of nitrogens with one attached hydrogen (secondary N) is 1. The van der Waals surface area contributed by atoms with Gasteiger partial charge in [-0.05, 0) is 38.9 Å². The van der Waals surface area contributed by atoms with Crippen LogP contribution in [0.15, 0.2) is 72.8 Å². The molecule has 28 heavy (non-hydrogen) atoms. The topological polar surface area (TPSA) is 72.9 Å². The number of benzene rings is 4. The first-order chi connectivity index (χ1) is 13.8. The number of methoxy groups -OCH3 is 1. The highest BCUT2D eigenvalue weighted by Gasteiger charge is 2.19. The molecule has 0 aliphatic carbocycles. The Morgan fingerprint density at radius 1 is 0.714 bits per heavy atom. The molecule has 1 heterocycles. The molecule has 5 rings (SSSR count). The van der Waals surface area contributed by atoms with E-state index in [-0.39, 0.29) is 6.01 Å². The fourth-order valence-electron chi connectivity index (χ4n) is 3.57. The van der Waals surface area contributed by atoms with E-state index in [0.29, 0.717) is 5.75 Å². The third-order valence-electron chi connectivity index (χ3n) is 4.78. The Kier molecular flexibility index (Phi) is 3.87. The zero-order chi connectivity index (χ0) is 18.9. The molecule has 0 aliphatic rings. The van der Waals surface area contributed by atoms with Crippen molar-refractivity contribution < 1.29 is 9.47 Å². The van der Waals surface area contributed by atoms with Crippen molar-refractivity contribution in [2.75, 3.05) is 7.11 Å². The van der Waals surface area contributed by atoms with Gasteiger partial charge in [0.05, 0.1) is 7.11 Å². The Hall–Kier alpha value is -3.93. The molecule has 5 aromatic rings. The van der Waals surface area contributed by atoms with E-state index in [1.165, 1.54) is 0 Å². The lowest BCUT2D eigenvalue weighted by Crippen LogP contribution is -1.95. The lowest BCUT2D eigenvalue weighted by atomic mass is 9.92. The fourth-order valence-corrected chi connectivity index (χ4v) is 3.57. The van der Waals surface area contributed by atoms with E-state index in [2.05, 4.69) is 51.0 Å². The van der Waals surface area contributed by atoms with E-state index in [9.17, 15) is 0 Å². The molecule has 0 radical (unpaired) electrons. The predicted octanol–water partition coefficient (Wildman–Crippen LogP) is 4.97. The molecule has 0 saturated heterocycles. The number of ether oxygens (including phenoxy) is 2. The lowest BCUT2D eigenvalue weighted by molar-refractivity contribution is 0.416. The van der Waals surface area contributed by atoms with Gasteiger partial charge in [0.25, 0.3) is 0 Å². The number of hydrogen-bond donors (Lipinski definition) is 1. The van der Waals surface area contributed by atoms with Crippen LogP contribution in [0.5, 0.6) is 17.5 Å². The number of nitrogens with zero attached hydrogens (tertiary/aromatic N) is 3. The molecule has 0 spiro atoms. The van der Waals surface area contributed by atoms with Crippen molar-refractivity contribution in [2.45, 2.75) is 0 Å². The number of fused-ring (bicyclic) bond motifs is 2. The van der Waals surface area contributed by atoms with Crippen molar-refractivity contribution in [3.8, 4) is 28.6 Å². The second-order valence-corrected chi connectivity index (χ2v) is 6.32. The van der Waals surface area contributed by atoms with E-state index in [4.69, 9.17) is 9.47 Å². The average Bonchev–Trinajstić information content (AvgIpc) is 3.26. The molecular formula is C22H16N4O2. The van der Waals surface area contributed by atoms with E-state index in [1.807, 2.05) is 42.5 Å². The van der Waals surface area contributed by atoms with Crippen LogP contribution in [0, 0.1) is 0 Å². The zero-order valence-corrected chi connectivity index (χ0v) is 15.1. The first-order valence-electron chi connectivity index (χ1n) is 8.84. The number of aromatic amines is 1. The van der Waals surface area contributed by atoms with Gasteiger partial charge in [-0.25, -0.2) is 0 Å². The van der Waals surface area contributed by atoms with Gasteiger partial charge in [0.2, 0.25) is 0 Å². The highest BCUT2D eigenvalue weighted by Crippen LogP contribution is 2.45. The second-order valence-electron chi connectivity index (χ2n) is 6.32. The minimum absolute atomic E-state index is 0.163. The van der Waals surface area contributed by atoms with Crippen LogP contribution < -0.4 is 9.47 Å². The molecule has 6 nitrogen and oxygen atoms in total. The van der Waals surface area contributed by atoms with Crippen molar-refractivity contribution in [3.05, 3.63) is 72.8 Å². The quantitative estimate of drug-likeness (QED) is 0.485. The van der Waals surface area contributed by atoms with Gasteiger partial charge >= 0.3 is 6.01 Å². The predicted molar refractivity (Wildman–Crippen MR) is 108 cm³/mol. The Labute approximate surface area is 160 Å². The smallest absolute Gasteiger partial charge is 0.361 e. The fraction of sp³-hybridized carbons (Fsp3) is 0.0455. The third kappa shape index (κ3) is 2.63. The van der Waals surface area contributed by atoms with Crippen LogP contribution in [0.4, 0.5) is 0 Å². The Morgan fingerprint density at radius 3 is 1.93 bits per heavy atom. The first kappa shape index (κ1) is 16.3. The average molecular weight is 368 g/mol. The molecule has 0 unspecified atom stereocenters. The molecule has 0 atom stereocenters. The van der Waals surface area contributed by atoms with Crippen LogP contribution in [0.3, 0.4) is 0 Å². The SMILES string of the molecule is COc1ccc2ccccc2c1-c1c(Oc2nn[nH]n2)ccc2ccccc12. The molecular weight excluding hydrogens is 352 g/mol. The maximum Gasteiger partial charge on any atom is 0.361 e. The zero-order valence-electron chi connectivity index (χ0n) is 15.1. The molecule has 136 valence electrons. The Balaban J connectivity index is 1.89. The lowest BCUT2D eigenvalue weighted by Gasteiger charge is -2.17. The summed E-state index contributed by atoms with van der Waals surface area (Å²) in [7, 11) is 1.68. The normalized spacial score (nSPS) is 11.0. The van der Waals surface area contributed by atoms with E-state index in [1.54, 1.807) is 7.11 Å². The summed E-state index contributed by atoms with van der Waals surface area (Å²) in [5, 5.41) is 18.2. The van der Waals surface area contributed by atoms with Gasteiger partial charge in [0.1, 0.15) is 11.5 Å². The van der Waals surface area contributed by atoms with Gasteiger partial charge in [-0.15, -0.1) is 0 Å². The summed E-state index contributed by atoms with van der Waals surface area (Å²) in [5.74, 6) is 1.41. The van der Waals surface area contributed by atoms with Crippen LogP contribution >= 0.6 is 0 Å². The van der Waals surface area contributed by atoms with Crippen LogP contribution in [-0.4, -0.2) is 27.7 Å². The van der Waals surface area contributed by atoms with Crippen molar-refractivity contribution in [3.63, 3.8) is 0 Å². The van der Waals surface area contributed by atoms with Gasteiger partial charge in [-0.2, -0.15) is 5.21 Å². The molecule has 1 N–H and O–H groups in total. The van der Waals surface area contributed by atoms with Crippen molar-refractivity contribution in [1.82, 2.24) is 20.6 Å². The summed E-state index contributed by atoms with van der Waals surface area (Å²) in [5.41, 5.74) is 1.90. The number of hydrogen-bond acceptors (Lipinski definition) is 5. The summed E-state index contributed by atoms with van der Waals surface area (Å²) < 4.78 is 11.7. The maximum absolute atomic E-state index is 5.99. The Morgan fingerprint density at radius 2 is 1.32 bits per heavy atom. The van der Waals surface area contributed by atoms with Gasteiger partial charge in [0, 0.05) is 11.1 Å². The van der Waals surface area contributed by atoms with Crippen LogP contribution in [-0.2, 0) is 0 Å². The highest BCUT2D eigenvalue weighted by molar-refractivity contribution is 6.09. The molecule has 6 heteroatoms. The van der Waals surface area contributed by atoms with Crippen LogP contribution in [0.2, 0.25) is 0 Å². The second kappa shape index (κ2) is 6.66. The summed E-state index contributed by atoms with van der Waals surface area (Å²) >= 11 is 0. The molecule has 0 saturated carbocycles. The first-order valence-corrected chi connectivity index (χ1v) is 8.84. The minimum Gasteiger partial charge on any atom is -0.496 e. The number of rotatable bonds is 4. The molecule has 4 aromatic carbocycles. The van der Waals surface area contributed by atoms with E-state index in [0.717, 1.165) is 38.4 Å².